The summed E-state index contributed by atoms with van der Waals surface area (Å²) in [5.74, 6) is 1.000. The van der Waals surface area contributed by atoms with Crippen LogP contribution < -0.4 is 16.0 Å². The van der Waals surface area contributed by atoms with E-state index in [0.717, 1.165) is 47.6 Å². The fraction of sp³-hybridized carbons (Fsp3) is 0.450. The Balaban J connectivity index is 1.35. The van der Waals surface area contributed by atoms with E-state index in [4.69, 9.17) is 4.74 Å². The third kappa shape index (κ3) is 3.95. The molecule has 148 valence electrons. The lowest BCUT2D eigenvalue weighted by molar-refractivity contribution is 0.0962. The lowest BCUT2D eigenvalue weighted by Gasteiger charge is -2.14. The van der Waals surface area contributed by atoms with Gasteiger partial charge >= 0.3 is 6.09 Å². The van der Waals surface area contributed by atoms with Gasteiger partial charge in [0.1, 0.15) is 6.10 Å². The number of ether oxygens (including phenoxy) is 1. The van der Waals surface area contributed by atoms with E-state index in [0.29, 0.717) is 12.5 Å². The van der Waals surface area contributed by atoms with Crippen molar-refractivity contribution in [1.82, 2.24) is 20.8 Å². The maximum absolute atomic E-state index is 11.8. The number of fused-ring (bicyclic) bond motifs is 1. The Labute approximate surface area is 163 Å². The monoisotopic (exact) mass is 383 g/mol. The number of alkyl carbamates (subject to hydrolysis) is 1. The molecular formula is C20H25N5O3. The first kappa shape index (κ1) is 18.3. The first-order chi connectivity index (χ1) is 13.5. The van der Waals surface area contributed by atoms with Crippen molar-refractivity contribution in [3.8, 4) is 0 Å². The number of hydrogen-bond donors (Lipinski definition) is 4. The minimum Gasteiger partial charge on any atom is -0.446 e. The molecule has 2 aromatic rings. The summed E-state index contributed by atoms with van der Waals surface area (Å²) in [5, 5.41) is 16.3. The van der Waals surface area contributed by atoms with Crippen molar-refractivity contribution >= 4 is 23.5 Å². The molecule has 1 aliphatic carbocycles. The molecule has 1 saturated carbocycles. The highest BCUT2D eigenvalue weighted by atomic mass is 16.6. The molecule has 1 aromatic heterocycles. The molecular weight excluding hydrogens is 358 g/mol. The standard InChI is InChI=1S/C20H25N5O3/c1-11(2)22-20(27)28-15-5-3-12(8-15)17-9-18(25-24-17)23-14-4-6-16-13(7-14)10-21-19(16)26/h4,6-7,9,11-12,15H,3,5,8,10H2,1-2H3,(H,21,26)(H,22,27)(H2,23,24,25). The van der Waals surface area contributed by atoms with Crippen LogP contribution in [-0.2, 0) is 11.3 Å². The number of amides is 2. The van der Waals surface area contributed by atoms with E-state index >= 15 is 0 Å². The summed E-state index contributed by atoms with van der Waals surface area (Å²) in [6.07, 6.45) is 2.18. The Hall–Kier alpha value is -3.03. The highest BCUT2D eigenvalue weighted by Crippen LogP contribution is 2.36. The molecule has 1 fully saturated rings. The topological polar surface area (TPSA) is 108 Å². The maximum Gasteiger partial charge on any atom is 0.407 e. The number of hydrogen-bond acceptors (Lipinski definition) is 5. The number of benzene rings is 1. The average molecular weight is 383 g/mol. The number of nitrogens with zero attached hydrogens (tertiary/aromatic N) is 1. The van der Waals surface area contributed by atoms with Crippen LogP contribution in [0, 0.1) is 0 Å². The van der Waals surface area contributed by atoms with Gasteiger partial charge in [-0.2, -0.15) is 5.10 Å². The van der Waals surface area contributed by atoms with Gasteiger partial charge in [0, 0.05) is 41.5 Å². The van der Waals surface area contributed by atoms with Crippen molar-refractivity contribution in [1.29, 1.82) is 0 Å². The van der Waals surface area contributed by atoms with Crippen molar-refractivity contribution in [3.63, 3.8) is 0 Å². The van der Waals surface area contributed by atoms with Crippen LogP contribution in [0.5, 0.6) is 0 Å². The largest absolute Gasteiger partial charge is 0.446 e. The van der Waals surface area contributed by atoms with Gasteiger partial charge in [0.15, 0.2) is 5.82 Å². The molecule has 8 heteroatoms. The van der Waals surface area contributed by atoms with Gasteiger partial charge in [0.25, 0.3) is 5.91 Å². The molecule has 4 rings (SSSR count). The fourth-order valence-corrected chi connectivity index (χ4v) is 3.82. The van der Waals surface area contributed by atoms with Crippen molar-refractivity contribution < 1.29 is 14.3 Å². The Morgan fingerprint density at radius 1 is 1.29 bits per heavy atom. The van der Waals surface area contributed by atoms with Gasteiger partial charge in [0.05, 0.1) is 0 Å². The molecule has 4 N–H and O–H groups in total. The Kier molecular flexibility index (Phi) is 4.93. The van der Waals surface area contributed by atoms with Gasteiger partial charge in [-0.25, -0.2) is 4.79 Å². The third-order valence-corrected chi connectivity index (χ3v) is 5.16. The highest BCUT2D eigenvalue weighted by molar-refractivity contribution is 5.98. The van der Waals surface area contributed by atoms with Crippen LogP contribution >= 0.6 is 0 Å². The maximum atomic E-state index is 11.8. The normalized spacial score (nSPS) is 20.8. The zero-order valence-corrected chi connectivity index (χ0v) is 16.0. The summed E-state index contributed by atoms with van der Waals surface area (Å²) in [5.41, 5.74) is 3.65. The summed E-state index contributed by atoms with van der Waals surface area (Å²) >= 11 is 0. The van der Waals surface area contributed by atoms with E-state index in [9.17, 15) is 9.59 Å². The van der Waals surface area contributed by atoms with E-state index in [1.54, 1.807) is 0 Å². The van der Waals surface area contributed by atoms with Crippen LogP contribution in [0.2, 0.25) is 0 Å². The van der Waals surface area contributed by atoms with Gasteiger partial charge in [-0.3, -0.25) is 9.89 Å². The molecule has 2 heterocycles. The van der Waals surface area contributed by atoms with E-state index < -0.39 is 0 Å². The highest BCUT2D eigenvalue weighted by Gasteiger charge is 2.30. The van der Waals surface area contributed by atoms with Gasteiger partial charge < -0.3 is 20.7 Å². The Morgan fingerprint density at radius 2 is 2.14 bits per heavy atom. The SMILES string of the molecule is CC(C)NC(=O)OC1CCC(c2cc(Nc3ccc4c(c3)CNC4=O)n[nH]2)C1. The molecule has 2 aliphatic rings. The quantitative estimate of drug-likeness (QED) is 0.634. The summed E-state index contributed by atoms with van der Waals surface area (Å²) < 4.78 is 5.49. The Bertz CT molecular complexity index is 892. The van der Waals surface area contributed by atoms with E-state index in [1.165, 1.54) is 0 Å². The molecule has 2 unspecified atom stereocenters. The lowest BCUT2D eigenvalue weighted by atomic mass is 10.0. The average Bonchev–Trinajstić information content (AvgIpc) is 3.35. The van der Waals surface area contributed by atoms with E-state index in [2.05, 4.69) is 26.1 Å². The zero-order chi connectivity index (χ0) is 19.7. The number of rotatable bonds is 5. The summed E-state index contributed by atoms with van der Waals surface area (Å²) in [6, 6.07) is 7.74. The third-order valence-electron chi connectivity index (χ3n) is 5.16. The molecule has 0 spiro atoms. The van der Waals surface area contributed by atoms with Gasteiger partial charge in [-0.15, -0.1) is 0 Å². The number of aromatic nitrogens is 2. The molecule has 28 heavy (non-hydrogen) atoms. The zero-order valence-electron chi connectivity index (χ0n) is 16.0. The molecule has 1 aromatic carbocycles. The summed E-state index contributed by atoms with van der Waals surface area (Å²) in [6.45, 7) is 4.38. The second-order valence-electron chi connectivity index (χ2n) is 7.72. The number of carbonyl (C=O) groups excluding carboxylic acids is 2. The van der Waals surface area contributed by atoms with Crippen LogP contribution in [0.4, 0.5) is 16.3 Å². The molecule has 2 amide bonds. The van der Waals surface area contributed by atoms with Crippen LogP contribution in [0.25, 0.3) is 0 Å². The van der Waals surface area contributed by atoms with Gasteiger partial charge in [-0.1, -0.05) is 0 Å². The van der Waals surface area contributed by atoms with E-state index in [-0.39, 0.29) is 24.1 Å². The summed E-state index contributed by atoms with van der Waals surface area (Å²) in [4.78, 5) is 23.4. The van der Waals surface area contributed by atoms with Crippen LogP contribution in [0.3, 0.4) is 0 Å². The number of anilines is 2. The van der Waals surface area contributed by atoms with Crippen LogP contribution in [0.1, 0.15) is 60.6 Å². The number of H-pyrrole nitrogens is 1. The first-order valence-electron chi connectivity index (χ1n) is 9.68. The molecule has 8 nitrogen and oxygen atoms in total. The first-order valence-corrected chi connectivity index (χ1v) is 9.68. The minimum absolute atomic E-state index is 0.0244. The Morgan fingerprint density at radius 3 is 2.96 bits per heavy atom. The minimum atomic E-state index is -0.350. The molecule has 2 atom stereocenters. The number of aromatic amines is 1. The lowest BCUT2D eigenvalue weighted by Crippen LogP contribution is -2.33. The molecule has 0 radical (unpaired) electrons. The fourth-order valence-electron chi connectivity index (χ4n) is 3.82. The second-order valence-corrected chi connectivity index (χ2v) is 7.72. The van der Waals surface area contributed by atoms with Crippen LogP contribution in [-0.4, -0.2) is 34.3 Å². The molecule has 1 aliphatic heterocycles. The predicted octanol–water partition coefficient (Wildman–Crippen LogP) is 3.17. The van der Waals surface area contributed by atoms with Crippen molar-refractivity contribution in [3.05, 3.63) is 41.1 Å². The predicted molar refractivity (Wildman–Crippen MR) is 105 cm³/mol. The van der Waals surface area contributed by atoms with E-state index in [1.807, 2.05) is 38.1 Å². The molecule has 0 saturated heterocycles. The van der Waals surface area contributed by atoms with Gasteiger partial charge in [0.2, 0.25) is 0 Å². The summed E-state index contributed by atoms with van der Waals surface area (Å²) in [7, 11) is 0. The molecule has 0 bridgehead atoms. The van der Waals surface area contributed by atoms with Gasteiger partial charge in [-0.05, 0) is 56.9 Å². The van der Waals surface area contributed by atoms with Crippen molar-refractivity contribution in [2.75, 3.05) is 5.32 Å². The number of nitrogens with one attached hydrogen (secondary N) is 4. The van der Waals surface area contributed by atoms with Crippen LogP contribution in [0.15, 0.2) is 24.3 Å². The smallest absolute Gasteiger partial charge is 0.407 e. The van der Waals surface area contributed by atoms with Crippen molar-refractivity contribution in [2.45, 2.75) is 57.7 Å². The second kappa shape index (κ2) is 7.53. The van der Waals surface area contributed by atoms with Crippen molar-refractivity contribution in [2.24, 2.45) is 0 Å². The number of carbonyl (C=O) groups is 2.